The normalized spacial score (nSPS) is 10.7. The van der Waals surface area contributed by atoms with Crippen LogP contribution in [-0.2, 0) is 6.54 Å². The number of nitrogens with one attached hydrogen (secondary N) is 1. The molecular formula is C14H10ClN3O2S. The Morgan fingerprint density at radius 3 is 2.67 bits per heavy atom. The van der Waals surface area contributed by atoms with Crippen molar-refractivity contribution in [3.8, 4) is 11.1 Å². The zero-order chi connectivity index (χ0) is 14.8. The Morgan fingerprint density at radius 1 is 1.24 bits per heavy atom. The number of hydrogen-bond donors (Lipinski definition) is 1. The molecule has 0 amide bonds. The van der Waals surface area contributed by atoms with Crippen molar-refractivity contribution < 1.29 is 0 Å². The number of thiazole rings is 1. The van der Waals surface area contributed by atoms with Crippen LogP contribution in [0.1, 0.15) is 5.01 Å². The quantitative estimate of drug-likeness (QED) is 0.754. The van der Waals surface area contributed by atoms with Gasteiger partial charge in [0.2, 0.25) is 0 Å². The molecule has 1 aromatic carbocycles. The van der Waals surface area contributed by atoms with E-state index in [0.717, 1.165) is 4.57 Å². The first-order valence-electron chi connectivity index (χ1n) is 6.13. The predicted molar refractivity (Wildman–Crippen MR) is 83.0 cm³/mol. The molecule has 0 fully saturated rings. The fraction of sp³-hybridized carbons (Fsp3) is 0.0714. The lowest BCUT2D eigenvalue weighted by Gasteiger charge is -2.08. The third-order valence-electron chi connectivity index (χ3n) is 2.98. The van der Waals surface area contributed by atoms with Gasteiger partial charge in [-0.1, -0.05) is 41.9 Å². The minimum absolute atomic E-state index is 0.0478. The average molecular weight is 320 g/mol. The second-order valence-corrected chi connectivity index (χ2v) is 5.66. The number of aromatic amines is 1. The number of rotatable bonds is 3. The lowest BCUT2D eigenvalue weighted by molar-refractivity contribution is 0.698. The first-order valence-corrected chi connectivity index (χ1v) is 7.39. The van der Waals surface area contributed by atoms with Gasteiger partial charge in [0.25, 0.3) is 5.56 Å². The molecule has 2 heterocycles. The molecule has 2 aromatic heterocycles. The molecule has 0 aliphatic carbocycles. The Labute approximate surface area is 128 Å². The molecule has 0 radical (unpaired) electrons. The van der Waals surface area contributed by atoms with Crippen LogP contribution in [0.25, 0.3) is 11.1 Å². The minimum Gasteiger partial charge on any atom is -0.297 e. The molecular weight excluding hydrogens is 310 g/mol. The highest BCUT2D eigenvalue weighted by molar-refractivity contribution is 7.09. The molecule has 0 bridgehead atoms. The van der Waals surface area contributed by atoms with Crippen molar-refractivity contribution in [1.82, 2.24) is 14.5 Å². The van der Waals surface area contributed by atoms with Gasteiger partial charge in [-0.3, -0.25) is 14.3 Å². The fourth-order valence-electron chi connectivity index (χ4n) is 2.01. The zero-order valence-electron chi connectivity index (χ0n) is 10.7. The maximum absolute atomic E-state index is 12.6. The molecule has 0 saturated heterocycles. The molecule has 5 nitrogen and oxygen atoms in total. The van der Waals surface area contributed by atoms with Crippen LogP contribution in [0, 0.1) is 0 Å². The van der Waals surface area contributed by atoms with E-state index in [1.807, 2.05) is 6.07 Å². The lowest BCUT2D eigenvalue weighted by atomic mass is 10.1. The van der Waals surface area contributed by atoms with E-state index >= 15 is 0 Å². The van der Waals surface area contributed by atoms with E-state index in [9.17, 15) is 9.59 Å². The summed E-state index contributed by atoms with van der Waals surface area (Å²) in [6, 6.07) is 9.00. The molecule has 106 valence electrons. The Morgan fingerprint density at radius 2 is 2.00 bits per heavy atom. The van der Waals surface area contributed by atoms with Crippen LogP contribution in [0.15, 0.2) is 51.5 Å². The summed E-state index contributed by atoms with van der Waals surface area (Å²) in [6.45, 7) is 0.128. The molecule has 3 aromatic rings. The minimum atomic E-state index is -0.542. The molecule has 7 heteroatoms. The van der Waals surface area contributed by atoms with E-state index in [1.165, 1.54) is 11.3 Å². The largest absolute Gasteiger partial charge is 0.329 e. The first kappa shape index (κ1) is 13.8. The standard InChI is InChI=1S/C14H10ClN3O2S/c15-12-11(9-4-2-1-3-5-9)13(19)18(14(20)17-12)8-10-16-6-7-21-10/h1-7H,8H2,(H,17,20). The van der Waals surface area contributed by atoms with Crippen LogP contribution in [-0.4, -0.2) is 14.5 Å². The Hall–Kier alpha value is -2.18. The maximum Gasteiger partial charge on any atom is 0.329 e. The Balaban J connectivity index is 2.19. The predicted octanol–water partition coefficient (Wildman–Crippen LogP) is 2.36. The van der Waals surface area contributed by atoms with Gasteiger partial charge in [-0.2, -0.15) is 0 Å². The molecule has 0 spiro atoms. The summed E-state index contributed by atoms with van der Waals surface area (Å²) in [5.41, 5.74) is -0.0184. The average Bonchev–Trinajstić information content (AvgIpc) is 2.97. The summed E-state index contributed by atoms with van der Waals surface area (Å²) in [7, 11) is 0. The van der Waals surface area contributed by atoms with E-state index < -0.39 is 11.2 Å². The summed E-state index contributed by atoms with van der Waals surface area (Å²) < 4.78 is 1.10. The van der Waals surface area contributed by atoms with Gasteiger partial charge in [-0.25, -0.2) is 9.78 Å². The van der Waals surface area contributed by atoms with Crippen molar-refractivity contribution in [2.75, 3.05) is 0 Å². The second-order valence-electron chi connectivity index (χ2n) is 4.30. The number of nitrogens with zero attached hydrogens (tertiary/aromatic N) is 2. The van der Waals surface area contributed by atoms with Crippen LogP contribution in [0.2, 0.25) is 5.15 Å². The van der Waals surface area contributed by atoms with Gasteiger partial charge in [0.05, 0.1) is 12.1 Å². The van der Waals surface area contributed by atoms with E-state index in [-0.39, 0.29) is 17.3 Å². The van der Waals surface area contributed by atoms with Crippen LogP contribution in [0.5, 0.6) is 0 Å². The van der Waals surface area contributed by atoms with Gasteiger partial charge in [-0.15, -0.1) is 11.3 Å². The monoisotopic (exact) mass is 319 g/mol. The number of hydrogen-bond acceptors (Lipinski definition) is 4. The van der Waals surface area contributed by atoms with Gasteiger partial charge in [0, 0.05) is 11.6 Å². The molecule has 0 saturated carbocycles. The van der Waals surface area contributed by atoms with Crippen LogP contribution in [0.4, 0.5) is 0 Å². The highest BCUT2D eigenvalue weighted by Crippen LogP contribution is 2.21. The summed E-state index contributed by atoms with van der Waals surface area (Å²) in [4.78, 5) is 31.1. The van der Waals surface area contributed by atoms with Gasteiger partial charge in [0.1, 0.15) is 10.2 Å². The fourth-order valence-corrected chi connectivity index (χ4v) is 2.88. The summed E-state index contributed by atoms with van der Waals surface area (Å²) in [5, 5.41) is 2.53. The molecule has 1 N–H and O–H groups in total. The summed E-state index contributed by atoms with van der Waals surface area (Å²) in [6.07, 6.45) is 1.63. The zero-order valence-corrected chi connectivity index (χ0v) is 12.3. The first-order chi connectivity index (χ1) is 10.2. The Kier molecular flexibility index (Phi) is 3.72. The summed E-state index contributed by atoms with van der Waals surface area (Å²) >= 11 is 7.43. The van der Waals surface area contributed by atoms with Crippen LogP contribution >= 0.6 is 22.9 Å². The van der Waals surface area contributed by atoms with E-state index in [1.54, 1.807) is 35.8 Å². The SMILES string of the molecule is O=c1[nH]c(Cl)c(-c2ccccc2)c(=O)n1Cc1nccs1. The lowest BCUT2D eigenvalue weighted by Crippen LogP contribution is -2.36. The highest BCUT2D eigenvalue weighted by Gasteiger charge is 2.15. The van der Waals surface area contributed by atoms with Crippen molar-refractivity contribution in [3.05, 3.63) is 72.9 Å². The van der Waals surface area contributed by atoms with Crippen molar-refractivity contribution in [1.29, 1.82) is 0 Å². The molecule has 0 aliphatic rings. The number of halogens is 1. The molecule has 0 unspecified atom stereocenters. The third kappa shape index (κ3) is 2.68. The van der Waals surface area contributed by atoms with Crippen molar-refractivity contribution in [3.63, 3.8) is 0 Å². The van der Waals surface area contributed by atoms with Gasteiger partial charge < -0.3 is 0 Å². The van der Waals surface area contributed by atoms with E-state index in [0.29, 0.717) is 10.6 Å². The Bertz CT molecular complexity index is 869. The number of benzene rings is 1. The van der Waals surface area contributed by atoms with Gasteiger partial charge >= 0.3 is 5.69 Å². The highest BCUT2D eigenvalue weighted by atomic mass is 35.5. The van der Waals surface area contributed by atoms with Gasteiger partial charge in [0.15, 0.2) is 0 Å². The van der Waals surface area contributed by atoms with Crippen molar-refractivity contribution in [2.24, 2.45) is 0 Å². The third-order valence-corrected chi connectivity index (χ3v) is 4.03. The number of aromatic nitrogens is 3. The van der Waals surface area contributed by atoms with Gasteiger partial charge in [-0.05, 0) is 5.56 Å². The molecule has 21 heavy (non-hydrogen) atoms. The van der Waals surface area contributed by atoms with Crippen LogP contribution < -0.4 is 11.2 Å². The van der Waals surface area contributed by atoms with E-state index in [2.05, 4.69) is 9.97 Å². The van der Waals surface area contributed by atoms with Crippen LogP contribution in [0.3, 0.4) is 0 Å². The van der Waals surface area contributed by atoms with Crippen molar-refractivity contribution in [2.45, 2.75) is 6.54 Å². The molecule has 0 atom stereocenters. The molecule has 0 aliphatic heterocycles. The molecule has 3 rings (SSSR count). The van der Waals surface area contributed by atoms with Crippen molar-refractivity contribution >= 4 is 22.9 Å². The topological polar surface area (TPSA) is 67.8 Å². The second kappa shape index (κ2) is 5.67. The maximum atomic E-state index is 12.6. The summed E-state index contributed by atoms with van der Waals surface area (Å²) in [5.74, 6) is 0. The smallest absolute Gasteiger partial charge is 0.297 e. The van der Waals surface area contributed by atoms with E-state index in [4.69, 9.17) is 11.6 Å². The number of H-pyrrole nitrogens is 1.